The van der Waals surface area contributed by atoms with Gasteiger partial charge in [-0.3, -0.25) is 14.8 Å². The van der Waals surface area contributed by atoms with Gasteiger partial charge in [-0.05, 0) is 60.7 Å². The van der Waals surface area contributed by atoms with Crippen LogP contribution in [0.2, 0.25) is 0 Å². The molecule has 3 heterocycles. The van der Waals surface area contributed by atoms with Gasteiger partial charge in [-0.25, -0.2) is 4.39 Å². The zero-order chi connectivity index (χ0) is 19.3. The topological polar surface area (TPSA) is 46.1 Å². The number of hydrogen-bond acceptors (Lipinski definition) is 3. The Bertz CT molecular complexity index is 926. The third-order valence-corrected chi connectivity index (χ3v) is 5.18. The second kappa shape index (κ2) is 8.30. The van der Waals surface area contributed by atoms with Crippen molar-refractivity contribution in [3.05, 3.63) is 95.3 Å². The van der Waals surface area contributed by atoms with Gasteiger partial charge in [-0.1, -0.05) is 24.3 Å². The number of benzene rings is 1. The maximum atomic E-state index is 13.1. The molecule has 5 heteroatoms. The number of aromatic nitrogens is 2. The van der Waals surface area contributed by atoms with E-state index < -0.39 is 0 Å². The van der Waals surface area contributed by atoms with E-state index in [1.807, 2.05) is 29.3 Å². The Morgan fingerprint density at radius 2 is 1.89 bits per heavy atom. The minimum atomic E-state index is -0.234. The molecular weight excluding hydrogens is 353 g/mol. The van der Waals surface area contributed by atoms with Crippen molar-refractivity contribution in [3.63, 3.8) is 0 Å². The lowest BCUT2D eigenvalue weighted by Crippen LogP contribution is -2.38. The molecule has 0 unspecified atom stereocenters. The van der Waals surface area contributed by atoms with Crippen molar-refractivity contribution in [2.75, 3.05) is 6.54 Å². The maximum absolute atomic E-state index is 13.1. The number of hydrogen-bond donors (Lipinski definition) is 0. The van der Waals surface area contributed by atoms with Crippen LogP contribution in [0.4, 0.5) is 4.39 Å². The molecule has 0 N–H and O–H groups in total. The molecule has 28 heavy (non-hydrogen) atoms. The number of amides is 1. The smallest absolute Gasteiger partial charge is 0.272 e. The number of likely N-dealkylation sites (tertiary alicyclic amines) is 1. The van der Waals surface area contributed by atoms with E-state index in [0.717, 1.165) is 42.6 Å². The third-order valence-electron chi connectivity index (χ3n) is 5.18. The molecule has 1 amide bonds. The first-order valence-electron chi connectivity index (χ1n) is 9.62. The Morgan fingerprint density at radius 3 is 2.61 bits per heavy atom. The Balaban J connectivity index is 1.51. The molecule has 0 radical (unpaired) electrons. The van der Waals surface area contributed by atoms with Crippen molar-refractivity contribution in [3.8, 4) is 0 Å². The third kappa shape index (κ3) is 4.09. The number of carbonyl (C=O) groups is 1. The van der Waals surface area contributed by atoms with Gasteiger partial charge in [0.15, 0.2) is 0 Å². The minimum absolute atomic E-state index is 0.0237. The first-order chi connectivity index (χ1) is 13.7. The van der Waals surface area contributed by atoms with E-state index in [1.54, 1.807) is 24.4 Å². The Hall–Kier alpha value is -3.08. The molecule has 1 fully saturated rings. The van der Waals surface area contributed by atoms with E-state index in [0.29, 0.717) is 12.1 Å². The highest BCUT2D eigenvalue weighted by atomic mass is 19.1. The van der Waals surface area contributed by atoms with Gasteiger partial charge in [0.2, 0.25) is 0 Å². The highest BCUT2D eigenvalue weighted by Crippen LogP contribution is 2.31. The predicted molar refractivity (Wildman–Crippen MR) is 105 cm³/mol. The zero-order valence-corrected chi connectivity index (χ0v) is 15.6. The van der Waals surface area contributed by atoms with Crippen molar-refractivity contribution in [2.24, 2.45) is 0 Å². The molecule has 1 aliphatic rings. The lowest BCUT2D eigenvalue weighted by Gasteiger charge is -2.35. The van der Waals surface area contributed by atoms with Crippen LogP contribution >= 0.6 is 0 Å². The summed E-state index contributed by atoms with van der Waals surface area (Å²) < 4.78 is 13.1. The van der Waals surface area contributed by atoms with E-state index >= 15 is 0 Å². The van der Waals surface area contributed by atoms with Crippen LogP contribution < -0.4 is 0 Å². The van der Waals surface area contributed by atoms with Crippen LogP contribution in [-0.4, -0.2) is 27.3 Å². The number of rotatable bonds is 4. The SMILES string of the molecule is O=C(c1ccccn1)N1CCCC[C@H]1c1ccc(Cc2ccc(F)cc2)nc1. The highest BCUT2D eigenvalue weighted by molar-refractivity contribution is 5.92. The highest BCUT2D eigenvalue weighted by Gasteiger charge is 2.29. The molecule has 1 saturated heterocycles. The van der Waals surface area contributed by atoms with Crippen molar-refractivity contribution in [1.82, 2.24) is 14.9 Å². The Labute approximate surface area is 164 Å². The molecule has 0 bridgehead atoms. The van der Waals surface area contributed by atoms with Gasteiger partial charge >= 0.3 is 0 Å². The summed E-state index contributed by atoms with van der Waals surface area (Å²) in [4.78, 5) is 23.7. The molecule has 142 valence electrons. The molecule has 4 rings (SSSR count). The second-order valence-corrected chi connectivity index (χ2v) is 7.11. The van der Waals surface area contributed by atoms with E-state index in [-0.39, 0.29) is 17.8 Å². The molecule has 2 aromatic heterocycles. The van der Waals surface area contributed by atoms with Crippen LogP contribution in [0.15, 0.2) is 67.0 Å². The van der Waals surface area contributed by atoms with Gasteiger partial charge in [-0.2, -0.15) is 0 Å². The average molecular weight is 375 g/mol. The van der Waals surface area contributed by atoms with Crippen LogP contribution in [0.5, 0.6) is 0 Å². The quantitative estimate of drug-likeness (QED) is 0.671. The number of pyridine rings is 2. The lowest BCUT2D eigenvalue weighted by molar-refractivity contribution is 0.0605. The van der Waals surface area contributed by atoms with E-state index in [1.165, 1.54) is 12.1 Å². The number of halogens is 1. The van der Waals surface area contributed by atoms with Crippen molar-refractivity contribution in [2.45, 2.75) is 31.7 Å². The fraction of sp³-hybridized carbons (Fsp3) is 0.261. The first kappa shape index (κ1) is 18.3. The molecule has 1 atom stereocenters. The molecular formula is C23H22FN3O. The minimum Gasteiger partial charge on any atom is -0.330 e. The van der Waals surface area contributed by atoms with Crippen molar-refractivity contribution < 1.29 is 9.18 Å². The lowest BCUT2D eigenvalue weighted by atomic mass is 9.95. The molecule has 0 saturated carbocycles. The predicted octanol–water partition coefficient (Wildman–Crippen LogP) is 4.57. The van der Waals surface area contributed by atoms with Gasteiger partial charge in [-0.15, -0.1) is 0 Å². The van der Waals surface area contributed by atoms with E-state index in [2.05, 4.69) is 16.0 Å². The second-order valence-electron chi connectivity index (χ2n) is 7.11. The van der Waals surface area contributed by atoms with Crippen LogP contribution in [0, 0.1) is 5.82 Å². The van der Waals surface area contributed by atoms with E-state index in [4.69, 9.17) is 0 Å². The molecule has 1 aromatic carbocycles. The number of nitrogens with zero attached hydrogens (tertiary/aromatic N) is 3. The summed E-state index contributed by atoms with van der Waals surface area (Å²) >= 11 is 0. The van der Waals surface area contributed by atoms with Gasteiger partial charge in [0.25, 0.3) is 5.91 Å². The summed E-state index contributed by atoms with van der Waals surface area (Å²) in [5.74, 6) is -0.261. The monoisotopic (exact) mass is 375 g/mol. The molecule has 1 aliphatic heterocycles. The normalized spacial score (nSPS) is 16.8. The first-order valence-corrected chi connectivity index (χ1v) is 9.62. The fourth-order valence-corrected chi connectivity index (χ4v) is 3.71. The zero-order valence-electron chi connectivity index (χ0n) is 15.6. The molecule has 4 nitrogen and oxygen atoms in total. The van der Waals surface area contributed by atoms with Gasteiger partial charge in [0.1, 0.15) is 11.5 Å². The maximum Gasteiger partial charge on any atom is 0.272 e. The summed E-state index contributed by atoms with van der Waals surface area (Å²) in [6.45, 7) is 0.734. The number of carbonyl (C=O) groups excluding carboxylic acids is 1. The average Bonchev–Trinajstić information content (AvgIpc) is 2.76. The van der Waals surface area contributed by atoms with Crippen molar-refractivity contribution >= 4 is 5.91 Å². The van der Waals surface area contributed by atoms with Crippen LogP contribution in [0.1, 0.15) is 52.6 Å². The number of piperidine rings is 1. The standard InChI is InChI=1S/C23H22FN3O/c24-19-10-7-17(8-11-19)15-20-12-9-18(16-26-20)22-6-2-4-14-27(22)23(28)21-5-1-3-13-25-21/h1,3,5,7-13,16,22H,2,4,6,14-15H2/t22-/m0/s1. The Kier molecular flexibility index (Phi) is 5.42. The summed E-state index contributed by atoms with van der Waals surface area (Å²) in [7, 11) is 0. The van der Waals surface area contributed by atoms with Gasteiger partial charge < -0.3 is 4.90 Å². The Morgan fingerprint density at radius 1 is 1.04 bits per heavy atom. The van der Waals surface area contributed by atoms with Crippen LogP contribution in [0.25, 0.3) is 0 Å². The van der Waals surface area contributed by atoms with E-state index in [9.17, 15) is 9.18 Å². The summed E-state index contributed by atoms with van der Waals surface area (Å²) in [6.07, 6.45) is 7.20. The van der Waals surface area contributed by atoms with Crippen LogP contribution in [-0.2, 0) is 6.42 Å². The molecule has 0 spiro atoms. The summed E-state index contributed by atoms with van der Waals surface area (Å²) in [5.41, 5.74) is 3.47. The molecule has 3 aromatic rings. The fourth-order valence-electron chi connectivity index (χ4n) is 3.71. The van der Waals surface area contributed by atoms with Gasteiger partial charge in [0.05, 0.1) is 6.04 Å². The summed E-state index contributed by atoms with van der Waals surface area (Å²) in [6, 6.07) is 16.0. The van der Waals surface area contributed by atoms with Crippen molar-refractivity contribution in [1.29, 1.82) is 0 Å². The van der Waals surface area contributed by atoms with Gasteiger partial charge in [0, 0.05) is 31.1 Å². The largest absolute Gasteiger partial charge is 0.330 e. The molecule has 0 aliphatic carbocycles. The van der Waals surface area contributed by atoms with Crippen LogP contribution in [0.3, 0.4) is 0 Å². The summed E-state index contributed by atoms with van der Waals surface area (Å²) in [5, 5.41) is 0.